The minimum Gasteiger partial charge on any atom is -0.481 e. The third-order valence-electron chi connectivity index (χ3n) is 4.75. The Kier molecular flexibility index (Phi) is 4.77. The predicted octanol–water partition coefficient (Wildman–Crippen LogP) is 3.55. The molecule has 3 rings (SSSR count). The van der Waals surface area contributed by atoms with Gasteiger partial charge in [0.15, 0.2) is 0 Å². The van der Waals surface area contributed by atoms with Gasteiger partial charge in [-0.1, -0.05) is 61.5 Å². The van der Waals surface area contributed by atoms with Crippen LogP contribution in [0.15, 0.2) is 54.6 Å². The fraction of sp³-hybridized carbons (Fsp3) is 0.350. The maximum Gasteiger partial charge on any atom is 0.308 e. The zero-order valence-electron chi connectivity index (χ0n) is 13.5. The van der Waals surface area contributed by atoms with Gasteiger partial charge in [-0.05, 0) is 23.1 Å². The van der Waals surface area contributed by atoms with E-state index in [4.69, 9.17) is 0 Å². The SMILES string of the molecule is CCc1cccc([C@@H]2CN(Cc3ccccc3)C[C@H]2C(=O)O)c1. The van der Waals surface area contributed by atoms with E-state index >= 15 is 0 Å². The molecule has 1 aliphatic heterocycles. The predicted molar refractivity (Wildman–Crippen MR) is 91.4 cm³/mol. The molecule has 1 aliphatic rings. The second-order valence-electron chi connectivity index (χ2n) is 6.33. The fourth-order valence-electron chi connectivity index (χ4n) is 3.49. The van der Waals surface area contributed by atoms with Crippen molar-refractivity contribution < 1.29 is 9.90 Å². The smallest absolute Gasteiger partial charge is 0.308 e. The molecule has 0 saturated carbocycles. The number of hydrogen-bond donors (Lipinski definition) is 1. The monoisotopic (exact) mass is 309 g/mol. The average Bonchev–Trinajstić information content (AvgIpc) is 3.00. The summed E-state index contributed by atoms with van der Waals surface area (Å²) in [5.74, 6) is -0.944. The van der Waals surface area contributed by atoms with Crippen molar-refractivity contribution in [3.05, 3.63) is 71.3 Å². The van der Waals surface area contributed by atoms with Gasteiger partial charge in [0.2, 0.25) is 0 Å². The highest BCUT2D eigenvalue weighted by molar-refractivity contribution is 5.72. The van der Waals surface area contributed by atoms with Crippen LogP contribution in [0.25, 0.3) is 0 Å². The van der Waals surface area contributed by atoms with E-state index in [-0.39, 0.29) is 11.8 Å². The topological polar surface area (TPSA) is 40.5 Å². The van der Waals surface area contributed by atoms with Gasteiger partial charge in [-0.25, -0.2) is 0 Å². The van der Waals surface area contributed by atoms with Gasteiger partial charge in [-0.15, -0.1) is 0 Å². The highest BCUT2D eigenvalue weighted by Crippen LogP contribution is 2.34. The summed E-state index contributed by atoms with van der Waals surface area (Å²) in [6.07, 6.45) is 0.978. The number of hydrogen-bond acceptors (Lipinski definition) is 2. The summed E-state index contributed by atoms with van der Waals surface area (Å²) in [7, 11) is 0. The minimum absolute atomic E-state index is 0.0720. The third-order valence-corrected chi connectivity index (χ3v) is 4.75. The number of aliphatic carboxylic acids is 1. The fourth-order valence-corrected chi connectivity index (χ4v) is 3.49. The zero-order valence-corrected chi connectivity index (χ0v) is 13.5. The molecule has 2 aromatic carbocycles. The molecule has 0 unspecified atom stereocenters. The largest absolute Gasteiger partial charge is 0.481 e. The molecule has 1 fully saturated rings. The van der Waals surface area contributed by atoms with Crippen LogP contribution >= 0.6 is 0 Å². The Bertz CT molecular complexity index is 668. The van der Waals surface area contributed by atoms with Crippen LogP contribution < -0.4 is 0 Å². The van der Waals surface area contributed by atoms with Gasteiger partial charge in [0.1, 0.15) is 0 Å². The van der Waals surface area contributed by atoms with Crippen LogP contribution in [0.4, 0.5) is 0 Å². The van der Waals surface area contributed by atoms with E-state index < -0.39 is 5.97 Å². The van der Waals surface area contributed by atoms with E-state index in [0.717, 1.165) is 25.1 Å². The van der Waals surface area contributed by atoms with Crippen molar-refractivity contribution in [1.29, 1.82) is 0 Å². The van der Waals surface area contributed by atoms with Gasteiger partial charge >= 0.3 is 5.97 Å². The minimum atomic E-state index is -0.688. The average molecular weight is 309 g/mol. The molecule has 1 heterocycles. The molecule has 0 aliphatic carbocycles. The van der Waals surface area contributed by atoms with Crippen LogP contribution in [-0.2, 0) is 17.8 Å². The standard InChI is InChI=1S/C20H23NO2/c1-2-15-9-6-10-17(11-15)18-13-21(14-19(18)20(22)23)12-16-7-4-3-5-8-16/h3-11,18-19H,2,12-14H2,1H3,(H,22,23)/t18-,19+/m0/s1. The van der Waals surface area contributed by atoms with Crippen LogP contribution in [0.1, 0.15) is 29.5 Å². The molecule has 1 N–H and O–H groups in total. The summed E-state index contributed by atoms with van der Waals surface area (Å²) in [5.41, 5.74) is 3.67. The molecule has 120 valence electrons. The number of likely N-dealkylation sites (tertiary alicyclic amines) is 1. The first-order chi connectivity index (χ1) is 11.2. The summed E-state index contributed by atoms with van der Waals surface area (Å²) >= 11 is 0. The summed E-state index contributed by atoms with van der Waals surface area (Å²) in [6, 6.07) is 18.7. The first-order valence-electron chi connectivity index (χ1n) is 8.25. The molecule has 0 radical (unpaired) electrons. The quantitative estimate of drug-likeness (QED) is 0.918. The van der Waals surface area contributed by atoms with Crippen molar-refractivity contribution in [2.75, 3.05) is 13.1 Å². The number of rotatable bonds is 5. The zero-order chi connectivity index (χ0) is 16.2. The van der Waals surface area contributed by atoms with Crippen molar-refractivity contribution in [2.45, 2.75) is 25.8 Å². The molecule has 23 heavy (non-hydrogen) atoms. The molecule has 0 bridgehead atoms. The van der Waals surface area contributed by atoms with Crippen molar-refractivity contribution >= 4 is 5.97 Å². The number of carboxylic acid groups (broad SMARTS) is 1. The van der Waals surface area contributed by atoms with Crippen LogP contribution in [0.3, 0.4) is 0 Å². The Morgan fingerprint density at radius 3 is 2.52 bits per heavy atom. The van der Waals surface area contributed by atoms with Crippen molar-refractivity contribution in [2.24, 2.45) is 5.92 Å². The van der Waals surface area contributed by atoms with Gasteiger partial charge in [0, 0.05) is 25.6 Å². The Labute approximate surface area is 137 Å². The lowest BCUT2D eigenvalue weighted by Gasteiger charge is -2.17. The van der Waals surface area contributed by atoms with E-state index in [1.165, 1.54) is 11.1 Å². The Hall–Kier alpha value is -2.13. The number of carbonyl (C=O) groups is 1. The normalized spacial score (nSPS) is 21.4. The van der Waals surface area contributed by atoms with Crippen molar-refractivity contribution in [1.82, 2.24) is 4.90 Å². The van der Waals surface area contributed by atoms with Crippen LogP contribution in [-0.4, -0.2) is 29.1 Å². The number of carboxylic acids is 1. The molecule has 0 aromatic heterocycles. The summed E-state index contributed by atoms with van der Waals surface area (Å²) in [6.45, 7) is 4.36. The molecule has 3 nitrogen and oxygen atoms in total. The number of aryl methyl sites for hydroxylation is 1. The molecule has 3 heteroatoms. The highest BCUT2D eigenvalue weighted by atomic mass is 16.4. The Morgan fingerprint density at radius 2 is 1.83 bits per heavy atom. The van der Waals surface area contributed by atoms with Crippen molar-refractivity contribution in [3.63, 3.8) is 0 Å². The van der Waals surface area contributed by atoms with E-state index in [2.05, 4.69) is 42.2 Å². The molecule has 2 aromatic rings. The van der Waals surface area contributed by atoms with E-state index in [9.17, 15) is 9.90 Å². The first kappa shape index (κ1) is 15.8. The van der Waals surface area contributed by atoms with E-state index in [0.29, 0.717) is 6.54 Å². The maximum atomic E-state index is 11.7. The molecule has 0 spiro atoms. The number of nitrogens with zero attached hydrogens (tertiary/aromatic N) is 1. The van der Waals surface area contributed by atoms with Gasteiger partial charge in [0.05, 0.1) is 5.92 Å². The summed E-state index contributed by atoms with van der Waals surface area (Å²) < 4.78 is 0. The third kappa shape index (κ3) is 3.62. The lowest BCUT2D eigenvalue weighted by molar-refractivity contribution is -0.141. The van der Waals surface area contributed by atoms with E-state index in [1.807, 2.05) is 24.3 Å². The highest BCUT2D eigenvalue weighted by Gasteiger charge is 2.38. The molecular formula is C20H23NO2. The Balaban J connectivity index is 1.79. The lowest BCUT2D eigenvalue weighted by atomic mass is 9.88. The molecular weight excluding hydrogens is 286 g/mol. The molecule has 2 atom stereocenters. The van der Waals surface area contributed by atoms with Gasteiger partial charge in [-0.2, -0.15) is 0 Å². The Morgan fingerprint density at radius 1 is 1.09 bits per heavy atom. The summed E-state index contributed by atoms with van der Waals surface area (Å²) in [5, 5.41) is 9.63. The lowest BCUT2D eigenvalue weighted by Crippen LogP contribution is -2.23. The molecule has 1 saturated heterocycles. The van der Waals surface area contributed by atoms with Crippen LogP contribution in [0.2, 0.25) is 0 Å². The summed E-state index contributed by atoms with van der Waals surface area (Å²) in [4.78, 5) is 14.0. The van der Waals surface area contributed by atoms with Gasteiger partial charge in [-0.3, -0.25) is 9.69 Å². The second kappa shape index (κ2) is 6.97. The van der Waals surface area contributed by atoms with Crippen LogP contribution in [0, 0.1) is 5.92 Å². The second-order valence-corrected chi connectivity index (χ2v) is 6.33. The van der Waals surface area contributed by atoms with Gasteiger partial charge < -0.3 is 5.11 Å². The van der Waals surface area contributed by atoms with Gasteiger partial charge in [0.25, 0.3) is 0 Å². The van der Waals surface area contributed by atoms with E-state index in [1.54, 1.807) is 0 Å². The number of benzene rings is 2. The molecule has 0 amide bonds. The first-order valence-corrected chi connectivity index (χ1v) is 8.25. The van der Waals surface area contributed by atoms with Crippen molar-refractivity contribution in [3.8, 4) is 0 Å². The maximum absolute atomic E-state index is 11.7. The van der Waals surface area contributed by atoms with Crippen LogP contribution in [0.5, 0.6) is 0 Å².